The van der Waals surface area contributed by atoms with Gasteiger partial charge in [-0.2, -0.15) is 0 Å². The third-order valence-corrected chi connectivity index (χ3v) is 4.78. The van der Waals surface area contributed by atoms with Crippen LogP contribution in [0.1, 0.15) is 63.7 Å². The SMILES string of the molecule is CC=C1CCC(C(OCOC)c2ccc(C)c(OC(C)C)c2)CC1. The second-order valence-corrected chi connectivity index (χ2v) is 6.97. The van der Waals surface area contributed by atoms with E-state index in [9.17, 15) is 0 Å². The quantitative estimate of drug-likeness (QED) is 0.482. The van der Waals surface area contributed by atoms with Gasteiger partial charge in [-0.25, -0.2) is 0 Å². The van der Waals surface area contributed by atoms with Gasteiger partial charge >= 0.3 is 0 Å². The smallest absolute Gasteiger partial charge is 0.147 e. The maximum absolute atomic E-state index is 6.09. The molecule has 0 heterocycles. The Bertz CT molecular complexity index is 538. The van der Waals surface area contributed by atoms with Crippen LogP contribution in [0.3, 0.4) is 0 Å². The van der Waals surface area contributed by atoms with E-state index in [0.29, 0.717) is 12.7 Å². The molecule has 1 unspecified atom stereocenters. The minimum Gasteiger partial charge on any atom is -0.491 e. The van der Waals surface area contributed by atoms with Crippen molar-refractivity contribution in [1.82, 2.24) is 0 Å². The van der Waals surface area contributed by atoms with Crippen molar-refractivity contribution in [2.75, 3.05) is 13.9 Å². The van der Waals surface area contributed by atoms with Gasteiger partial charge in [0, 0.05) is 7.11 Å². The molecular formula is C21H32O3. The summed E-state index contributed by atoms with van der Waals surface area (Å²) in [5, 5.41) is 0. The third-order valence-electron chi connectivity index (χ3n) is 4.78. The molecule has 0 spiro atoms. The Morgan fingerprint density at radius 2 is 1.92 bits per heavy atom. The van der Waals surface area contributed by atoms with E-state index in [0.717, 1.165) is 11.3 Å². The number of aryl methyl sites for hydroxylation is 1. The van der Waals surface area contributed by atoms with Crippen molar-refractivity contribution in [2.24, 2.45) is 5.92 Å². The van der Waals surface area contributed by atoms with E-state index in [1.807, 2.05) is 0 Å². The number of hydrogen-bond donors (Lipinski definition) is 0. The molecule has 1 atom stereocenters. The van der Waals surface area contributed by atoms with E-state index in [1.54, 1.807) is 12.7 Å². The Balaban J connectivity index is 2.21. The molecule has 0 aromatic heterocycles. The van der Waals surface area contributed by atoms with E-state index in [-0.39, 0.29) is 12.2 Å². The molecule has 0 N–H and O–H groups in total. The molecule has 1 saturated carbocycles. The Labute approximate surface area is 147 Å². The van der Waals surface area contributed by atoms with Crippen molar-refractivity contribution in [2.45, 2.75) is 65.6 Å². The first-order chi connectivity index (χ1) is 11.5. The van der Waals surface area contributed by atoms with Crippen molar-refractivity contribution >= 4 is 0 Å². The Kier molecular flexibility index (Phi) is 7.32. The lowest BCUT2D eigenvalue weighted by atomic mass is 9.80. The van der Waals surface area contributed by atoms with Crippen LogP contribution in [0.2, 0.25) is 0 Å². The zero-order chi connectivity index (χ0) is 17.5. The highest BCUT2D eigenvalue weighted by molar-refractivity contribution is 5.38. The van der Waals surface area contributed by atoms with E-state index >= 15 is 0 Å². The summed E-state index contributed by atoms with van der Waals surface area (Å²) in [6, 6.07) is 6.46. The van der Waals surface area contributed by atoms with Crippen molar-refractivity contribution in [1.29, 1.82) is 0 Å². The van der Waals surface area contributed by atoms with Gasteiger partial charge in [-0.05, 0) is 76.5 Å². The van der Waals surface area contributed by atoms with Crippen molar-refractivity contribution in [3.63, 3.8) is 0 Å². The summed E-state index contributed by atoms with van der Waals surface area (Å²) >= 11 is 0. The van der Waals surface area contributed by atoms with Gasteiger partial charge < -0.3 is 14.2 Å². The van der Waals surface area contributed by atoms with Crippen LogP contribution in [0, 0.1) is 12.8 Å². The summed E-state index contributed by atoms with van der Waals surface area (Å²) in [4.78, 5) is 0. The fourth-order valence-electron chi connectivity index (χ4n) is 3.42. The highest BCUT2D eigenvalue weighted by Gasteiger charge is 2.27. The Morgan fingerprint density at radius 3 is 2.50 bits per heavy atom. The lowest BCUT2D eigenvalue weighted by Gasteiger charge is -2.32. The monoisotopic (exact) mass is 332 g/mol. The molecule has 1 aliphatic carbocycles. The summed E-state index contributed by atoms with van der Waals surface area (Å²) in [7, 11) is 1.68. The summed E-state index contributed by atoms with van der Waals surface area (Å²) in [6.45, 7) is 8.68. The van der Waals surface area contributed by atoms with Crippen LogP contribution in [0.15, 0.2) is 29.8 Å². The van der Waals surface area contributed by atoms with Gasteiger partial charge in [-0.3, -0.25) is 0 Å². The van der Waals surface area contributed by atoms with Crippen LogP contribution >= 0.6 is 0 Å². The normalized spacial score (nSPS) is 19.4. The fourth-order valence-corrected chi connectivity index (χ4v) is 3.42. The molecule has 0 aliphatic heterocycles. The van der Waals surface area contributed by atoms with Gasteiger partial charge in [0.2, 0.25) is 0 Å². The number of ether oxygens (including phenoxy) is 3. The van der Waals surface area contributed by atoms with E-state index in [4.69, 9.17) is 14.2 Å². The second kappa shape index (κ2) is 9.24. The van der Waals surface area contributed by atoms with E-state index in [2.05, 4.69) is 52.0 Å². The largest absolute Gasteiger partial charge is 0.491 e. The molecule has 3 nitrogen and oxygen atoms in total. The molecule has 1 fully saturated rings. The molecule has 0 saturated heterocycles. The minimum absolute atomic E-state index is 0.0680. The van der Waals surface area contributed by atoms with Crippen molar-refractivity contribution in [3.8, 4) is 5.75 Å². The first-order valence-electron chi connectivity index (χ1n) is 9.07. The molecule has 0 amide bonds. The number of methoxy groups -OCH3 is 1. The molecular weight excluding hydrogens is 300 g/mol. The average molecular weight is 332 g/mol. The molecule has 24 heavy (non-hydrogen) atoms. The van der Waals surface area contributed by atoms with E-state index < -0.39 is 0 Å². The minimum atomic E-state index is 0.0680. The molecule has 3 heteroatoms. The number of allylic oxidation sites excluding steroid dienone is 2. The first-order valence-corrected chi connectivity index (χ1v) is 9.07. The second-order valence-electron chi connectivity index (χ2n) is 6.97. The highest BCUT2D eigenvalue weighted by Crippen LogP contribution is 2.40. The van der Waals surface area contributed by atoms with Crippen LogP contribution in [0.4, 0.5) is 0 Å². The van der Waals surface area contributed by atoms with Crippen LogP contribution in [-0.2, 0) is 9.47 Å². The first kappa shape index (κ1) is 19.0. The number of rotatable bonds is 7. The van der Waals surface area contributed by atoms with Gasteiger partial charge in [0.05, 0.1) is 12.2 Å². The van der Waals surface area contributed by atoms with Crippen LogP contribution < -0.4 is 4.74 Å². The van der Waals surface area contributed by atoms with Gasteiger partial charge in [0.15, 0.2) is 0 Å². The maximum atomic E-state index is 6.09. The fraction of sp³-hybridized carbons (Fsp3) is 0.619. The summed E-state index contributed by atoms with van der Waals surface area (Å²) in [6.07, 6.45) is 7.19. The number of benzene rings is 1. The summed E-state index contributed by atoms with van der Waals surface area (Å²) < 4.78 is 17.2. The lowest BCUT2D eigenvalue weighted by Crippen LogP contribution is -2.21. The Hall–Kier alpha value is -1.32. The predicted molar refractivity (Wildman–Crippen MR) is 98.4 cm³/mol. The lowest BCUT2D eigenvalue weighted by molar-refractivity contribution is -0.0970. The van der Waals surface area contributed by atoms with Crippen LogP contribution in [0.25, 0.3) is 0 Å². The topological polar surface area (TPSA) is 27.7 Å². The maximum Gasteiger partial charge on any atom is 0.147 e. The van der Waals surface area contributed by atoms with Crippen LogP contribution in [-0.4, -0.2) is 20.0 Å². The Morgan fingerprint density at radius 1 is 1.21 bits per heavy atom. The van der Waals surface area contributed by atoms with Gasteiger partial charge in [-0.15, -0.1) is 0 Å². The summed E-state index contributed by atoms with van der Waals surface area (Å²) in [5.41, 5.74) is 3.93. The molecule has 2 rings (SSSR count). The van der Waals surface area contributed by atoms with Gasteiger partial charge in [-0.1, -0.05) is 23.8 Å². The average Bonchev–Trinajstić information content (AvgIpc) is 2.58. The highest BCUT2D eigenvalue weighted by atomic mass is 16.7. The molecule has 0 radical (unpaired) electrons. The van der Waals surface area contributed by atoms with Crippen LogP contribution in [0.5, 0.6) is 5.75 Å². The molecule has 1 aliphatic rings. The number of hydrogen-bond acceptors (Lipinski definition) is 3. The molecule has 1 aromatic rings. The van der Waals surface area contributed by atoms with Gasteiger partial charge in [0.1, 0.15) is 12.5 Å². The molecule has 1 aromatic carbocycles. The predicted octanol–water partition coefficient (Wildman–Crippen LogP) is 5.58. The third kappa shape index (κ3) is 5.09. The molecule has 0 bridgehead atoms. The van der Waals surface area contributed by atoms with Gasteiger partial charge in [0.25, 0.3) is 0 Å². The zero-order valence-corrected chi connectivity index (χ0v) is 15.8. The summed E-state index contributed by atoms with van der Waals surface area (Å²) in [5.74, 6) is 1.48. The zero-order valence-electron chi connectivity index (χ0n) is 15.8. The standard InChI is InChI=1S/C21H32O3/c1-6-17-8-11-18(12-9-17)21(23-14-22-5)19-10-7-16(4)20(13-19)24-15(2)3/h6-7,10,13,15,18,21H,8-9,11-12,14H2,1-5H3. The van der Waals surface area contributed by atoms with E-state index in [1.165, 1.54) is 31.2 Å². The molecule has 134 valence electrons. The van der Waals surface area contributed by atoms with Crippen molar-refractivity contribution in [3.05, 3.63) is 41.0 Å². The van der Waals surface area contributed by atoms with Crippen molar-refractivity contribution < 1.29 is 14.2 Å².